The van der Waals surface area contributed by atoms with Gasteiger partial charge in [-0.1, -0.05) is 18.2 Å². The van der Waals surface area contributed by atoms with Crippen LogP contribution in [0, 0.1) is 0 Å². The molecule has 0 saturated carbocycles. The minimum atomic E-state index is 0.0681. The summed E-state index contributed by atoms with van der Waals surface area (Å²) in [7, 11) is 0. The Labute approximate surface area is 146 Å². The topological polar surface area (TPSA) is 74.2 Å². The summed E-state index contributed by atoms with van der Waals surface area (Å²) < 4.78 is 1.87. The number of aliphatic hydroxyl groups excluding tert-OH is 1. The lowest BCUT2D eigenvalue weighted by Gasteiger charge is -2.32. The zero-order valence-corrected chi connectivity index (χ0v) is 14.1. The first-order valence-corrected chi connectivity index (χ1v) is 8.76. The molecule has 0 spiro atoms. The van der Waals surface area contributed by atoms with E-state index in [9.17, 15) is 4.79 Å². The molecular formula is C19H22N4O2. The van der Waals surface area contributed by atoms with E-state index in [0.29, 0.717) is 18.2 Å². The van der Waals surface area contributed by atoms with Crippen molar-refractivity contribution in [3.63, 3.8) is 0 Å². The molecule has 1 aliphatic rings. The fraction of sp³-hybridized carbons (Fsp3) is 0.368. The number of H-pyrrole nitrogens is 1. The van der Waals surface area contributed by atoms with Crippen LogP contribution >= 0.6 is 0 Å². The van der Waals surface area contributed by atoms with Crippen LogP contribution in [0.4, 0.5) is 0 Å². The Morgan fingerprint density at radius 2 is 2.04 bits per heavy atom. The first-order chi connectivity index (χ1) is 12.3. The van der Waals surface area contributed by atoms with Crippen molar-refractivity contribution in [2.24, 2.45) is 0 Å². The SMILES string of the molecule is O=C(c1cc2ccccc2[nH]1)N1CCC(c2ccnn2CCO)CC1. The molecule has 1 aliphatic heterocycles. The van der Waals surface area contributed by atoms with E-state index in [1.807, 2.05) is 46.0 Å². The molecule has 2 aromatic heterocycles. The zero-order chi connectivity index (χ0) is 17.2. The van der Waals surface area contributed by atoms with Crippen LogP contribution in [-0.4, -0.2) is 50.4 Å². The molecule has 1 amide bonds. The molecule has 0 unspecified atom stereocenters. The summed E-state index contributed by atoms with van der Waals surface area (Å²) in [5.41, 5.74) is 2.81. The molecule has 0 bridgehead atoms. The Morgan fingerprint density at radius 3 is 2.80 bits per heavy atom. The molecule has 3 aromatic rings. The van der Waals surface area contributed by atoms with Crippen molar-refractivity contribution in [2.45, 2.75) is 25.3 Å². The van der Waals surface area contributed by atoms with E-state index in [2.05, 4.69) is 10.1 Å². The number of amides is 1. The van der Waals surface area contributed by atoms with Crippen molar-refractivity contribution in [3.05, 3.63) is 54.0 Å². The van der Waals surface area contributed by atoms with Gasteiger partial charge in [-0.05, 0) is 31.0 Å². The van der Waals surface area contributed by atoms with Gasteiger partial charge in [0.15, 0.2) is 0 Å². The first kappa shape index (κ1) is 15.9. The number of fused-ring (bicyclic) bond motifs is 1. The number of nitrogens with zero attached hydrogens (tertiary/aromatic N) is 3. The number of aromatic amines is 1. The normalized spacial score (nSPS) is 15.8. The van der Waals surface area contributed by atoms with E-state index in [4.69, 9.17) is 5.11 Å². The van der Waals surface area contributed by atoms with E-state index in [0.717, 1.165) is 42.5 Å². The van der Waals surface area contributed by atoms with Crippen molar-refractivity contribution in [1.82, 2.24) is 19.7 Å². The number of hydrogen-bond acceptors (Lipinski definition) is 3. The molecule has 1 fully saturated rings. The third-order valence-electron chi connectivity index (χ3n) is 5.02. The summed E-state index contributed by atoms with van der Waals surface area (Å²) in [5.74, 6) is 0.458. The minimum Gasteiger partial charge on any atom is -0.394 e. The molecule has 0 atom stereocenters. The van der Waals surface area contributed by atoms with Gasteiger partial charge in [-0.2, -0.15) is 5.10 Å². The number of piperidine rings is 1. The van der Waals surface area contributed by atoms with E-state index in [1.54, 1.807) is 6.20 Å². The largest absolute Gasteiger partial charge is 0.394 e. The Hall–Kier alpha value is -2.60. The van der Waals surface area contributed by atoms with Crippen LogP contribution in [-0.2, 0) is 6.54 Å². The van der Waals surface area contributed by atoms with Gasteiger partial charge in [0.2, 0.25) is 0 Å². The summed E-state index contributed by atoms with van der Waals surface area (Å²) in [6.07, 6.45) is 3.62. The number of benzene rings is 1. The molecule has 1 aromatic carbocycles. The molecular weight excluding hydrogens is 316 g/mol. The summed E-state index contributed by atoms with van der Waals surface area (Å²) in [6, 6.07) is 11.9. The third kappa shape index (κ3) is 3.05. The second-order valence-electron chi connectivity index (χ2n) is 6.54. The second-order valence-corrected chi connectivity index (χ2v) is 6.54. The highest BCUT2D eigenvalue weighted by Gasteiger charge is 2.27. The van der Waals surface area contributed by atoms with Gasteiger partial charge in [0.25, 0.3) is 5.91 Å². The first-order valence-electron chi connectivity index (χ1n) is 8.76. The number of likely N-dealkylation sites (tertiary alicyclic amines) is 1. The summed E-state index contributed by atoms with van der Waals surface area (Å²) in [6.45, 7) is 2.09. The number of carbonyl (C=O) groups is 1. The molecule has 6 nitrogen and oxygen atoms in total. The lowest BCUT2D eigenvalue weighted by molar-refractivity contribution is 0.0706. The van der Waals surface area contributed by atoms with Crippen LogP contribution < -0.4 is 0 Å². The smallest absolute Gasteiger partial charge is 0.270 e. The number of nitrogens with one attached hydrogen (secondary N) is 1. The standard InChI is InChI=1S/C19H22N4O2/c24-12-11-23-18(5-8-20-23)14-6-9-22(10-7-14)19(25)17-13-15-3-1-2-4-16(15)21-17/h1-5,8,13-14,21,24H,6-7,9-12H2. The predicted molar refractivity (Wildman–Crippen MR) is 95.5 cm³/mol. The Bertz CT molecular complexity index is 841. The Kier molecular flexibility index (Phi) is 4.28. The maximum absolute atomic E-state index is 12.8. The van der Waals surface area contributed by atoms with E-state index in [-0.39, 0.29) is 12.5 Å². The monoisotopic (exact) mass is 338 g/mol. The lowest BCUT2D eigenvalue weighted by atomic mass is 9.93. The highest BCUT2D eigenvalue weighted by atomic mass is 16.3. The highest BCUT2D eigenvalue weighted by molar-refractivity contribution is 5.98. The van der Waals surface area contributed by atoms with Crippen LogP contribution in [0.2, 0.25) is 0 Å². The second kappa shape index (κ2) is 6.72. The Balaban J connectivity index is 1.44. The highest BCUT2D eigenvalue weighted by Crippen LogP contribution is 2.28. The van der Waals surface area contributed by atoms with Crippen molar-refractivity contribution in [1.29, 1.82) is 0 Å². The average Bonchev–Trinajstić information content (AvgIpc) is 3.28. The molecule has 2 N–H and O–H groups in total. The molecule has 4 rings (SSSR count). The van der Waals surface area contributed by atoms with Gasteiger partial charge in [0.05, 0.1) is 13.2 Å². The van der Waals surface area contributed by atoms with Gasteiger partial charge in [0.1, 0.15) is 5.69 Å². The van der Waals surface area contributed by atoms with Crippen molar-refractivity contribution >= 4 is 16.8 Å². The van der Waals surface area contributed by atoms with Crippen molar-refractivity contribution in [3.8, 4) is 0 Å². The zero-order valence-electron chi connectivity index (χ0n) is 14.1. The van der Waals surface area contributed by atoms with Crippen molar-refractivity contribution in [2.75, 3.05) is 19.7 Å². The average molecular weight is 338 g/mol. The molecule has 3 heterocycles. The van der Waals surface area contributed by atoms with Gasteiger partial charge < -0.3 is 15.0 Å². The van der Waals surface area contributed by atoms with Crippen LogP contribution in [0.15, 0.2) is 42.6 Å². The van der Waals surface area contributed by atoms with Crippen LogP contribution in [0.1, 0.15) is 34.9 Å². The number of hydrogen-bond donors (Lipinski definition) is 2. The van der Waals surface area contributed by atoms with Gasteiger partial charge in [-0.15, -0.1) is 0 Å². The fourth-order valence-corrected chi connectivity index (χ4v) is 3.71. The summed E-state index contributed by atoms with van der Waals surface area (Å²) in [5, 5.41) is 14.5. The van der Waals surface area contributed by atoms with Crippen LogP contribution in [0.3, 0.4) is 0 Å². The maximum atomic E-state index is 12.8. The number of carbonyl (C=O) groups excluding carboxylic acids is 1. The van der Waals surface area contributed by atoms with Crippen LogP contribution in [0.5, 0.6) is 0 Å². The van der Waals surface area contributed by atoms with Crippen LogP contribution in [0.25, 0.3) is 10.9 Å². The van der Waals surface area contributed by atoms with E-state index < -0.39 is 0 Å². The Morgan fingerprint density at radius 1 is 1.24 bits per heavy atom. The van der Waals surface area contributed by atoms with E-state index in [1.165, 1.54) is 0 Å². The summed E-state index contributed by atoms with van der Waals surface area (Å²) >= 11 is 0. The lowest BCUT2D eigenvalue weighted by Crippen LogP contribution is -2.38. The number of aromatic nitrogens is 3. The molecule has 6 heteroatoms. The van der Waals surface area contributed by atoms with Gasteiger partial charge >= 0.3 is 0 Å². The number of aliphatic hydroxyl groups is 1. The third-order valence-corrected chi connectivity index (χ3v) is 5.02. The fourth-order valence-electron chi connectivity index (χ4n) is 3.71. The van der Waals surface area contributed by atoms with Gasteiger partial charge in [0, 0.05) is 41.8 Å². The number of para-hydroxylation sites is 1. The number of rotatable bonds is 4. The molecule has 130 valence electrons. The van der Waals surface area contributed by atoms with Gasteiger partial charge in [-0.25, -0.2) is 0 Å². The van der Waals surface area contributed by atoms with E-state index >= 15 is 0 Å². The molecule has 0 aliphatic carbocycles. The maximum Gasteiger partial charge on any atom is 0.270 e. The molecule has 0 radical (unpaired) electrons. The van der Waals surface area contributed by atoms with Crippen molar-refractivity contribution < 1.29 is 9.90 Å². The molecule has 1 saturated heterocycles. The molecule has 25 heavy (non-hydrogen) atoms. The summed E-state index contributed by atoms with van der Waals surface area (Å²) in [4.78, 5) is 17.9. The van der Waals surface area contributed by atoms with Gasteiger partial charge in [-0.3, -0.25) is 9.48 Å². The minimum absolute atomic E-state index is 0.0681. The quantitative estimate of drug-likeness (QED) is 0.767. The predicted octanol–water partition coefficient (Wildman–Crippen LogP) is 2.38.